The summed E-state index contributed by atoms with van der Waals surface area (Å²) in [5.74, 6) is 0. The maximum atomic E-state index is 5.51. The first-order valence-corrected chi connectivity index (χ1v) is 37.1. The maximum Gasteiger partial charge on any atom is 0.587 e. The van der Waals surface area contributed by atoms with Crippen LogP contribution in [-0.4, -0.2) is 87.4 Å². The predicted molar refractivity (Wildman–Crippen MR) is 250 cm³/mol. The summed E-state index contributed by atoms with van der Waals surface area (Å²) >= 11 is 109. The zero-order valence-electron chi connectivity index (χ0n) is 21.7. The maximum absolute atomic E-state index is 5.51. The molecule has 0 fully saturated rings. The fraction of sp³-hybridized carbons (Fsp3) is 1.00. The fourth-order valence-corrected chi connectivity index (χ4v) is 2.99. The van der Waals surface area contributed by atoms with Gasteiger partial charge in [0.1, 0.15) is 0 Å². The van der Waals surface area contributed by atoms with E-state index in [-0.39, 0.29) is 61.9 Å². The summed E-state index contributed by atoms with van der Waals surface area (Å²) in [7, 11) is 9.81. The Balaban J connectivity index is -0.0000000193. The molecular formula is C11H47B2Cl23N6Si5. The van der Waals surface area contributed by atoms with Crippen LogP contribution in [0.5, 0.6) is 0 Å². The third-order valence-corrected chi connectivity index (χ3v) is 13.1. The first-order chi connectivity index (χ1) is 17.3. The van der Waals surface area contributed by atoms with E-state index < -0.39 is 40.6 Å². The lowest BCUT2D eigenvalue weighted by Crippen LogP contribution is -3.00. The van der Waals surface area contributed by atoms with E-state index in [2.05, 4.69) is 21.4 Å². The lowest BCUT2D eigenvalue weighted by atomic mass is 10.4. The SMILES string of the molecule is C.C.C.C.C.CN.CN(B(Cl)Cl)[Si](Cl)(Cl)Cl.CN[Si](Cl)(Cl)Cl.CN[Si](Cl)(Cl)Cl.C[NH2+][Si](Cl)(Cl)Cl.C[NH3+].ClB(Cl)Cl.Cl[Si](Cl)(Cl)Cl.[Cl-].[Cl-]. The van der Waals surface area contributed by atoms with Gasteiger partial charge < -0.3 is 55.7 Å². The Morgan fingerprint density at radius 2 is 0.681 bits per heavy atom. The highest BCUT2D eigenvalue weighted by atomic mass is 36.0. The number of rotatable bonds is 5. The minimum absolute atomic E-state index is 0. The first-order valence-electron chi connectivity index (χ1n) is 8.69. The Bertz CT molecular complexity index is 449. The van der Waals surface area contributed by atoms with Crippen molar-refractivity contribution in [3.63, 3.8) is 0 Å². The number of hydrogen-bond donors (Lipinski definition) is 5. The highest BCUT2D eigenvalue weighted by Gasteiger charge is 2.37. The van der Waals surface area contributed by atoms with E-state index in [9.17, 15) is 0 Å². The summed E-state index contributed by atoms with van der Waals surface area (Å²) in [5.41, 5.74) is 7.00. The van der Waals surface area contributed by atoms with Gasteiger partial charge in [0.05, 0.1) is 14.1 Å². The van der Waals surface area contributed by atoms with Crippen LogP contribution in [0.2, 0.25) is 0 Å². The monoisotopic (exact) mass is 1230 g/mol. The van der Waals surface area contributed by atoms with E-state index >= 15 is 0 Å². The molecule has 0 aliphatic heterocycles. The van der Waals surface area contributed by atoms with Crippen LogP contribution >= 0.6 is 235 Å². The molecule has 0 heterocycles. The Hall–Kier alpha value is 7.64. The molecule has 0 saturated heterocycles. The number of halogens is 23. The average molecular weight is 1240 g/mol. The second kappa shape index (κ2) is 60.3. The van der Waals surface area contributed by atoms with E-state index in [0.717, 1.165) is 0 Å². The third kappa shape index (κ3) is 202. The number of nitrogens with two attached hydrogens (primary N) is 2. The molecule has 36 heteroatoms. The van der Waals surface area contributed by atoms with Gasteiger partial charge >= 0.3 is 40.6 Å². The van der Waals surface area contributed by atoms with Gasteiger partial charge in [-0.1, -0.05) is 70.4 Å². The molecule has 0 aliphatic rings. The molecule has 0 amide bonds. The first kappa shape index (κ1) is 100. The van der Waals surface area contributed by atoms with Crippen molar-refractivity contribution < 1.29 is 35.5 Å². The van der Waals surface area contributed by atoms with Crippen LogP contribution in [-0.2, 0) is 0 Å². The topological polar surface area (TPSA) is 97.6 Å². The molecule has 0 atom stereocenters. The van der Waals surface area contributed by atoms with Crippen molar-refractivity contribution in [1.82, 2.24) is 14.4 Å². The molecule has 0 saturated carbocycles. The molecule has 0 aromatic carbocycles. The summed E-state index contributed by atoms with van der Waals surface area (Å²) in [4.78, 5) is 5.95. The molecule has 9 N–H and O–H groups in total. The minimum Gasteiger partial charge on any atom is -1.00 e. The molecule has 308 valence electrons. The van der Waals surface area contributed by atoms with Crippen molar-refractivity contribution >= 4 is 275 Å². The number of quaternary nitrogens is 2. The van der Waals surface area contributed by atoms with Crippen LogP contribution in [0, 0.1) is 0 Å². The quantitative estimate of drug-likeness (QED) is 0.192. The van der Waals surface area contributed by atoms with Gasteiger partial charge in [-0.2, -0.15) is 34.4 Å². The van der Waals surface area contributed by atoms with Gasteiger partial charge in [0.15, 0.2) is 0 Å². The van der Waals surface area contributed by atoms with Crippen LogP contribution in [0.15, 0.2) is 0 Å². The van der Waals surface area contributed by atoms with Crippen LogP contribution in [0.3, 0.4) is 0 Å². The minimum atomic E-state index is -2.84. The number of nitrogens with zero attached hydrogens (tertiary/aromatic N) is 1. The largest absolute Gasteiger partial charge is 1.00 e. The standard InChI is InChI=1S/CH3BCl5NSi.3CH4Cl3NSi.2CH5N.5CH4.BCl3.Cl4Si.2ClH/c1-8(2(3)4)9(5,6)7;3*1-5-6(2,3)4;2*1-2;;;;;;2-1(3)4;1-5(2,3)4;;/h1H3;3*5H,1H3;2*2H2,1H3;5*1H4;;;2*1H. The van der Waals surface area contributed by atoms with E-state index in [1.165, 1.54) is 11.5 Å². The van der Waals surface area contributed by atoms with E-state index in [4.69, 9.17) is 235 Å². The van der Waals surface area contributed by atoms with E-state index in [0.29, 0.717) is 0 Å². The molecule has 6 nitrogen and oxygen atoms in total. The average Bonchev–Trinajstić information content (AvgIpc) is 2.73. The van der Waals surface area contributed by atoms with Crippen molar-refractivity contribution in [1.29, 1.82) is 0 Å². The summed E-state index contributed by atoms with van der Waals surface area (Å²) < 4.78 is 1.32. The molecular weight excluding hydrogens is 1190 g/mol. The molecule has 0 aromatic rings. The van der Waals surface area contributed by atoms with Gasteiger partial charge in [-0.25, -0.2) is 0 Å². The van der Waals surface area contributed by atoms with Gasteiger partial charge in [-0.15, -0.1) is 167 Å². The fourth-order valence-electron chi connectivity index (χ4n) is 0.111. The zero-order chi connectivity index (χ0) is 35.4. The normalized spacial score (nSPS) is 9.06. The molecule has 0 aliphatic carbocycles. The second-order valence-electron chi connectivity index (χ2n) is 4.36. The Morgan fingerprint density at radius 1 is 0.574 bits per heavy atom. The Labute approximate surface area is 404 Å². The highest BCUT2D eigenvalue weighted by Crippen LogP contribution is 2.26. The van der Waals surface area contributed by atoms with Gasteiger partial charge in [-0.05, 0) is 28.2 Å². The molecule has 0 bridgehead atoms. The second-order valence-corrected chi connectivity index (χ2v) is 52.3. The van der Waals surface area contributed by atoms with Crippen LogP contribution in [0.1, 0.15) is 37.1 Å². The molecule has 0 aromatic heterocycles. The van der Waals surface area contributed by atoms with Crippen LogP contribution in [0.4, 0.5) is 0 Å². The Kier molecular flexibility index (Phi) is 128. The van der Waals surface area contributed by atoms with Crippen molar-refractivity contribution in [2.75, 3.05) is 42.3 Å². The van der Waals surface area contributed by atoms with Crippen molar-refractivity contribution in [3.05, 3.63) is 0 Å². The van der Waals surface area contributed by atoms with Gasteiger partial charge in [0, 0.05) is 0 Å². The highest BCUT2D eigenvalue weighted by molar-refractivity contribution is 7.81. The zero-order valence-corrected chi connectivity index (χ0v) is 44.0. The molecule has 0 spiro atoms. The lowest BCUT2D eigenvalue weighted by molar-refractivity contribution is -0.482. The van der Waals surface area contributed by atoms with Gasteiger partial charge in [-0.3, -0.25) is 0 Å². The Morgan fingerprint density at radius 3 is 0.681 bits per heavy atom. The van der Waals surface area contributed by atoms with Crippen molar-refractivity contribution in [3.8, 4) is 0 Å². The third-order valence-electron chi connectivity index (χ3n) is 1.59. The predicted octanol–water partition coefficient (Wildman–Crippen LogP) is 5.27. The van der Waals surface area contributed by atoms with Crippen LogP contribution < -0.4 is 51.2 Å². The number of nitrogens with one attached hydrogen (secondary N) is 2. The van der Waals surface area contributed by atoms with Crippen molar-refractivity contribution in [2.24, 2.45) is 5.73 Å². The van der Waals surface area contributed by atoms with Gasteiger partial charge in [0.2, 0.25) is 0 Å². The lowest BCUT2D eigenvalue weighted by Gasteiger charge is -2.20. The molecule has 0 unspecified atom stereocenters. The summed E-state index contributed by atoms with van der Waals surface area (Å²) in [6.07, 6.45) is -10.1. The summed E-state index contributed by atoms with van der Waals surface area (Å²) in [5, 5.41) is -2.72. The van der Waals surface area contributed by atoms with Gasteiger partial charge in [0.25, 0.3) is 0 Å². The molecule has 0 rings (SSSR count). The summed E-state index contributed by atoms with van der Waals surface area (Å²) in [6, 6.07) is 0. The van der Waals surface area contributed by atoms with Crippen LogP contribution in [0.25, 0.3) is 0 Å². The summed E-state index contributed by atoms with van der Waals surface area (Å²) in [6.45, 7) is 0. The number of hydrogen-bond acceptors (Lipinski definition) is 4. The van der Waals surface area contributed by atoms with E-state index in [1.807, 2.05) is 0 Å². The van der Waals surface area contributed by atoms with E-state index in [1.54, 1.807) is 40.2 Å². The molecule has 0 radical (unpaired) electrons. The molecule has 47 heavy (non-hydrogen) atoms. The smallest absolute Gasteiger partial charge is 0.587 e. The van der Waals surface area contributed by atoms with Crippen molar-refractivity contribution in [2.45, 2.75) is 37.1 Å².